The second kappa shape index (κ2) is 7.08. The molecule has 0 saturated carbocycles. The van der Waals surface area contributed by atoms with Crippen LogP contribution in [0.4, 0.5) is 0 Å². The Morgan fingerprint density at radius 2 is 2.27 bits per heavy atom. The van der Waals surface area contributed by atoms with Crippen LogP contribution in [0.1, 0.15) is 5.69 Å². The molecule has 0 fully saturated rings. The highest BCUT2D eigenvalue weighted by atomic mass is 32.1. The number of aromatic nitrogens is 2. The van der Waals surface area contributed by atoms with Crippen molar-refractivity contribution >= 4 is 17.3 Å². The standard InChI is InChI=1S/C9H15N5S/c1-10-9(15)14-5-3-12-7-8-6-11-2-4-13-8/h2,4,6,12H,3,5,7H2,1H3,(H2,10,14,15). The fourth-order valence-corrected chi connectivity index (χ4v) is 1.09. The Balaban J connectivity index is 2.05. The molecule has 0 unspecified atom stereocenters. The molecule has 0 aliphatic rings. The largest absolute Gasteiger partial charge is 0.366 e. The first-order valence-corrected chi connectivity index (χ1v) is 5.15. The molecule has 0 atom stereocenters. The molecule has 0 radical (unpaired) electrons. The van der Waals surface area contributed by atoms with E-state index >= 15 is 0 Å². The summed E-state index contributed by atoms with van der Waals surface area (Å²) in [6, 6.07) is 0. The van der Waals surface area contributed by atoms with Gasteiger partial charge in [0.05, 0.1) is 5.69 Å². The molecule has 82 valence electrons. The molecule has 0 aliphatic heterocycles. The zero-order chi connectivity index (χ0) is 10.9. The highest BCUT2D eigenvalue weighted by Gasteiger charge is 1.93. The molecule has 5 nitrogen and oxygen atoms in total. The first-order valence-electron chi connectivity index (χ1n) is 4.74. The van der Waals surface area contributed by atoms with Gasteiger partial charge in [0.15, 0.2) is 5.11 Å². The van der Waals surface area contributed by atoms with Crippen LogP contribution in [0.2, 0.25) is 0 Å². The highest BCUT2D eigenvalue weighted by molar-refractivity contribution is 7.80. The van der Waals surface area contributed by atoms with Gasteiger partial charge in [-0.25, -0.2) is 0 Å². The monoisotopic (exact) mass is 225 g/mol. The summed E-state index contributed by atoms with van der Waals surface area (Å²) in [6.07, 6.45) is 5.10. The van der Waals surface area contributed by atoms with E-state index in [1.165, 1.54) is 0 Å². The predicted molar refractivity (Wildman–Crippen MR) is 63.4 cm³/mol. The molecule has 3 N–H and O–H groups in total. The van der Waals surface area contributed by atoms with Crippen LogP contribution in [0, 0.1) is 0 Å². The smallest absolute Gasteiger partial charge is 0.166 e. The van der Waals surface area contributed by atoms with Crippen molar-refractivity contribution in [3.05, 3.63) is 24.3 Å². The Bertz CT molecular complexity index is 290. The van der Waals surface area contributed by atoms with E-state index in [2.05, 4.69) is 25.9 Å². The third kappa shape index (κ3) is 5.24. The summed E-state index contributed by atoms with van der Waals surface area (Å²) in [4.78, 5) is 8.12. The lowest BCUT2D eigenvalue weighted by molar-refractivity contribution is 0.658. The number of nitrogens with zero attached hydrogens (tertiary/aromatic N) is 2. The van der Waals surface area contributed by atoms with Gasteiger partial charge in [-0.2, -0.15) is 0 Å². The fourth-order valence-electron chi connectivity index (χ4n) is 0.991. The quantitative estimate of drug-likeness (QED) is 0.471. The Labute approximate surface area is 94.7 Å². The Kier molecular flexibility index (Phi) is 5.57. The first-order chi connectivity index (χ1) is 7.33. The van der Waals surface area contributed by atoms with Gasteiger partial charge < -0.3 is 16.0 Å². The lowest BCUT2D eigenvalue weighted by Gasteiger charge is -2.07. The topological polar surface area (TPSA) is 61.9 Å². The Hall–Kier alpha value is -1.27. The van der Waals surface area contributed by atoms with Gasteiger partial charge in [-0.05, 0) is 12.2 Å². The maximum absolute atomic E-state index is 4.93. The van der Waals surface area contributed by atoms with Crippen LogP contribution >= 0.6 is 12.2 Å². The summed E-state index contributed by atoms with van der Waals surface area (Å²) in [6.45, 7) is 2.35. The van der Waals surface area contributed by atoms with Crippen LogP contribution in [0.3, 0.4) is 0 Å². The molecule has 0 saturated heterocycles. The van der Waals surface area contributed by atoms with Crippen molar-refractivity contribution in [2.24, 2.45) is 0 Å². The van der Waals surface area contributed by atoms with Crippen LogP contribution in [-0.4, -0.2) is 35.2 Å². The second-order valence-electron chi connectivity index (χ2n) is 2.88. The third-order valence-corrected chi connectivity index (χ3v) is 2.09. The second-order valence-corrected chi connectivity index (χ2v) is 3.29. The van der Waals surface area contributed by atoms with Gasteiger partial charge in [-0.3, -0.25) is 9.97 Å². The summed E-state index contributed by atoms with van der Waals surface area (Å²) < 4.78 is 0. The zero-order valence-electron chi connectivity index (χ0n) is 8.66. The Morgan fingerprint density at radius 3 is 2.93 bits per heavy atom. The molecule has 0 aromatic carbocycles. The highest BCUT2D eigenvalue weighted by Crippen LogP contribution is 1.87. The molecule has 1 rings (SSSR count). The van der Waals surface area contributed by atoms with Crippen molar-refractivity contribution in [1.82, 2.24) is 25.9 Å². The van der Waals surface area contributed by atoms with Crippen LogP contribution in [-0.2, 0) is 6.54 Å². The zero-order valence-corrected chi connectivity index (χ0v) is 9.47. The van der Waals surface area contributed by atoms with E-state index in [4.69, 9.17) is 12.2 Å². The molecular formula is C9H15N5S. The van der Waals surface area contributed by atoms with Gasteiger partial charge in [0, 0.05) is 45.3 Å². The van der Waals surface area contributed by atoms with E-state index in [-0.39, 0.29) is 0 Å². The molecule has 1 aromatic rings. The van der Waals surface area contributed by atoms with Crippen molar-refractivity contribution in [3.63, 3.8) is 0 Å². The lowest BCUT2D eigenvalue weighted by Crippen LogP contribution is -2.37. The van der Waals surface area contributed by atoms with Gasteiger partial charge >= 0.3 is 0 Å². The number of hydrogen-bond acceptors (Lipinski definition) is 4. The minimum Gasteiger partial charge on any atom is -0.366 e. The first kappa shape index (κ1) is 11.8. The Morgan fingerprint density at radius 1 is 1.40 bits per heavy atom. The van der Waals surface area contributed by atoms with E-state index in [0.29, 0.717) is 5.11 Å². The van der Waals surface area contributed by atoms with E-state index < -0.39 is 0 Å². The number of nitrogens with one attached hydrogen (secondary N) is 3. The van der Waals surface area contributed by atoms with E-state index in [1.807, 2.05) is 0 Å². The molecule has 15 heavy (non-hydrogen) atoms. The van der Waals surface area contributed by atoms with Crippen molar-refractivity contribution < 1.29 is 0 Å². The van der Waals surface area contributed by atoms with Gasteiger partial charge in [0.1, 0.15) is 0 Å². The average Bonchev–Trinajstić information content (AvgIpc) is 2.29. The molecule has 0 spiro atoms. The molecule has 0 aliphatic carbocycles. The molecule has 6 heteroatoms. The van der Waals surface area contributed by atoms with Gasteiger partial charge in [-0.15, -0.1) is 0 Å². The van der Waals surface area contributed by atoms with E-state index in [1.54, 1.807) is 25.6 Å². The predicted octanol–water partition coefficient (Wildman–Crippen LogP) is -0.340. The number of thiocarbonyl (C=S) groups is 1. The maximum Gasteiger partial charge on any atom is 0.166 e. The van der Waals surface area contributed by atoms with Gasteiger partial charge in [0.2, 0.25) is 0 Å². The van der Waals surface area contributed by atoms with Crippen LogP contribution in [0.15, 0.2) is 18.6 Å². The minimum absolute atomic E-state index is 0.663. The average molecular weight is 225 g/mol. The van der Waals surface area contributed by atoms with E-state index in [0.717, 1.165) is 25.3 Å². The van der Waals surface area contributed by atoms with Gasteiger partial charge in [-0.1, -0.05) is 0 Å². The molecule has 1 heterocycles. The van der Waals surface area contributed by atoms with Crippen LogP contribution in [0.5, 0.6) is 0 Å². The molecule has 0 amide bonds. The minimum atomic E-state index is 0.663. The summed E-state index contributed by atoms with van der Waals surface area (Å²) in [5.41, 5.74) is 0.939. The fraction of sp³-hybridized carbons (Fsp3) is 0.444. The van der Waals surface area contributed by atoms with Crippen LogP contribution < -0.4 is 16.0 Å². The molecular weight excluding hydrogens is 210 g/mol. The third-order valence-electron chi connectivity index (χ3n) is 1.74. The summed E-state index contributed by atoms with van der Waals surface area (Å²) >= 11 is 4.93. The summed E-state index contributed by atoms with van der Waals surface area (Å²) in [7, 11) is 1.79. The van der Waals surface area contributed by atoms with Crippen LogP contribution in [0.25, 0.3) is 0 Å². The normalized spacial score (nSPS) is 9.67. The lowest BCUT2D eigenvalue weighted by atomic mass is 10.4. The maximum atomic E-state index is 4.93. The number of rotatable bonds is 5. The molecule has 1 aromatic heterocycles. The summed E-state index contributed by atoms with van der Waals surface area (Å²) in [5, 5.41) is 9.78. The van der Waals surface area contributed by atoms with E-state index in [9.17, 15) is 0 Å². The molecule has 0 bridgehead atoms. The van der Waals surface area contributed by atoms with Crippen molar-refractivity contribution in [2.45, 2.75) is 6.54 Å². The van der Waals surface area contributed by atoms with Crippen molar-refractivity contribution in [3.8, 4) is 0 Å². The van der Waals surface area contributed by atoms with Gasteiger partial charge in [0.25, 0.3) is 0 Å². The van der Waals surface area contributed by atoms with Crippen molar-refractivity contribution in [2.75, 3.05) is 20.1 Å². The number of hydrogen-bond donors (Lipinski definition) is 3. The summed E-state index contributed by atoms with van der Waals surface area (Å²) in [5.74, 6) is 0. The SMILES string of the molecule is CNC(=S)NCCNCc1cnccn1. The van der Waals surface area contributed by atoms with Crippen molar-refractivity contribution in [1.29, 1.82) is 0 Å².